The lowest BCUT2D eigenvalue weighted by atomic mass is 10.2. The molecule has 2 aliphatic rings. The molecule has 0 atom stereocenters. The molecule has 1 aromatic carbocycles. The number of nitrogens with zero attached hydrogens (tertiary/aromatic N) is 6. The van der Waals surface area contributed by atoms with Crippen LogP contribution in [0.1, 0.15) is 31.7 Å². The topological polar surface area (TPSA) is 83.8 Å². The van der Waals surface area contributed by atoms with Gasteiger partial charge in [0.25, 0.3) is 0 Å². The molecule has 31 heavy (non-hydrogen) atoms. The van der Waals surface area contributed by atoms with Crippen molar-refractivity contribution >= 4 is 39.5 Å². The Labute approximate surface area is 180 Å². The van der Waals surface area contributed by atoms with Gasteiger partial charge in [0.2, 0.25) is 5.95 Å². The number of nitrogens with one attached hydrogen (secondary N) is 2. The normalized spacial score (nSPS) is 17.6. The molecule has 1 saturated carbocycles. The Kier molecular flexibility index (Phi) is 4.64. The van der Waals surface area contributed by atoms with Gasteiger partial charge in [0.05, 0.1) is 5.52 Å². The van der Waals surface area contributed by atoms with Crippen molar-refractivity contribution < 1.29 is 0 Å². The molecule has 8 nitrogen and oxygen atoms in total. The van der Waals surface area contributed by atoms with Crippen LogP contribution in [0, 0.1) is 0 Å². The summed E-state index contributed by atoms with van der Waals surface area (Å²) in [6.45, 7) is 3.86. The molecule has 3 aromatic heterocycles. The van der Waals surface area contributed by atoms with Crippen LogP contribution in [-0.4, -0.2) is 50.9 Å². The van der Waals surface area contributed by atoms with Gasteiger partial charge >= 0.3 is 0 Å². The third-order valence-corrected chi connectivity index (χ3v) is 6.47. The lowest BCUT2D eigenvalue weighted by Gasteiger charge is -2.27. The molecule has 0 radical (unpaired) electrons. The fourth-order valence-corrected chi connectivity index (χ4v) is 4.93. The van der Waals surface area contributed by atoms with Crippen molar-refractivity contribution in [3.8, 4) is 0 Å². The van der Waals surface area contributed by atoms with Crippen LogP contribution in [-0.2, 0) is 0 Å². The van der Waals surface area contributed by atoms with Gasteiger partial charge in [-0.1, -0.05) is 31.0 Å². The Morgan fingerprint density at radius 2 is 1.77 bits per heavy atom. The molecule has 6 rings (SSSR count). The fourth-order valence-electron chi connectivity index (χ4n) is 4.93. The van der Waals surface area contributed by atoms with Gasteiger partial charge in [-0.05, 0) is 31.0 Å². The van der Waals surface area contributed by atoms with Gasteiger partial charge in [0.15, 0.2) is 11.6 Å². The second-order valence-electron chi connectivity index (χ2n) is 8.40. The largest absolute Gasteiger partial charge is 0.353 e. The van der Waals surface area contributed by atoms with Crippen molar-refractivity contribution in [2.24, 2.45) is 0 Å². The number of hydrogen-bond donors (Lipinski definition) is 2. The van der Waals surface area contributed by atoms with E-state index in [0.29, 0.717) is 17.8 Å². The summed E-state index contributed by atoms with van der Waals surface area (Å²) in [6.07, 6.45) is 6.91. The maximum Gasteiger partial charge on any atom is 0.230 e. The highest BCUT2D eigenvalue weighted by Crippen LogP contribution is 2.37. The summed E-state index contributed by atoms with van der Waals surface area (Å²) in [5.41, 5.74) is 2.24. The number of para-hydroxylation sites is 1. The minimum Gasteiger partial charge on any atom is -0.353 e. The minimum atomic E-state index is 0.503. The third kappa shape index (κ3) is 3.37. The highest BCUT2D eigenvalue weighted by atomic mass is 15.3. The summed E-state index contributed by atoms with van der Waals surface area (Å²) in [6, 6.07) is 13.0. The third-order valence-electron chi connectivity index (χ3n) is 6.47. The molecule has 4 aromatic rings. The number of rotatable bonds is 4. The zero-order valence-corrected chi connectivity index (χ0v) is 17.5. The molecule has 0 spiro atoms. The number of piperazine rings is 1. The lowest BCUT2D eigenvalue weighted by molar-refractivity contribution is 0.547. The molecule has 1 aliphatic carbocycles. The molecular weight excluding hydrogens is 388 g/mol. The molecule has 1 saturated heterocycles. The lowest BCUT2D eigenvalue weighted by Crippen LogP contribution is -2.43. The summed E-state index contributed by atoms with van der Waals surface area (Å²) < 4.78 is 2.42. The highest BCUT2D eigenvalue weighted by molar-refractivity contribution is 6.06. The number of anilines is 3. The molecule has 1 aliphatic heterocycles. The summed E-state index contributed by atoms with van der Waals surface area (Å²) in [5, 5.41) is 17.7. The van der Waals surface area contributed by atoms with Gasteiger partial charge in [-0.15, -0.1) is 10.2 Å². The summed E-state index contributed by atoms with van der Waals surface area (Å²) in [5.74, 6) is 2.12. The van der Waals surface area contributed by atoms with Crippen LogP contribution >= 0.6 is 0 Å². The van der Waals surface area contributed by atoms with E-state index in [-0.39, 0.29) is 0 Å². The van der Waals surface area contributed by atoms with Gasteiger partial charge in [-0.2, -0.15) is 4.98 Å². The van der Waals surface area contributed by atoms with Crippen molar-refractivity contribution in [1.29, 1.82) is 0 Å². The first-order valence-electron chi connectivity index (χ1n) is 11.2. The molecule has 4 heterocycles. The summed E-state index contributed by atoms with van der Waals surface area (Å²) in [7, 11) is 0. The van der Waals surface area contributed by atoms with Gasteiger partial charge in [-0.3, -0.25) is 0 Å². The van der Waals surface area contributed by atoms with Crippen molar-refractivity contribution in [2.75, 3.05) is 36.4 Å². The van der Waals surface area contributed by atoms with Crippen molar-refractivity contribution in [3.63, 3.8) is 0 Å². The maximum atomic E-state index is 4.92. The number of fused-ring (bicyclic) bond motifs is 3. The van der Waals surface area contributed by atoms with Crippen LogP contribution < -0.4 is 15.5 Å². The van der Waals surface area contributed by atoms with Gasteiger partial charge in [0.1, 0.15) is 5.65 Å². The van der Waals surface area contributed by atoms with E-state index in [9.17, 15) is 0 Å². The monoisotopic (exact) mass is 414 g/mol. The van der Waals surface area contributed by atoms with Crippen LogP contribution in [0.25, 0.3) is 21.9 Å². The second kappa shape index (κ2) is 7.77. The van der Waals surface area contributed by atoms with Crippen LogP contribution in [0.3, 0.4) is 0 Å². The van der Waals surface area contributed by atoms with Crippen molar-refractivity contribution in [2.45, 2.75) is 31.7 Å². The van der Waals surface area contributed by atoms with E-state index in [0.717, 1.165) is 43.0 Å². The van der Waals surface area contributed by atoms with E-state index in [2.05, 4.69) is 59.5 Å². The number of benzene rings is 1. The average Bonchev–Trinajstić information content (AvgIpc) is 3.46. The van der Waals surface area contributed by atoms with E-state index in [1.165, 1.54) is 36.6 Å². The van der Waals surface area contributed by atoms with Crippen LogP contribution in [0.2, 0.25) is 0 Å². The van der Waals surface area contributed by atoms with E-state index >= 15 is 0 Å². The van der Waals surface area contributed by atoms with Gasteiger partial charge < -0.3 is 20.1 Å². The number of aromatic nitrogens is 5. The Hall–Kier alpha value is -3.26. The van der Waals surface area contributed by atoms with Crippen LogP contribution in [0.4, 0.5) is 17.6 Å². The second-order valence-corrected chi connectivity index (χ2v) is 8.40. The smallest absolute Gasteiger partial charge is 0.230 e. The first-order chi connectivity index (χ1) is 15.4. The fraction of sp³-hybridized carbons (Fsp3) is 0.391. The Bertz CT molecular complexity index is 1200. The highest BCUT2D eigenvalue weighted by Gasteiger charge is 2.23. The summed E-state index contributed by atoms with van der Waals surface area (Å²) >= 11 is 0. The predicted octanol–water partition coefficient (Wildman–Crippen LogP) is 3.64. The molecular formula is C23H26N8. The van der Waals surface area contributed by atoms with Crippen molar-refractivity contribution in [1.82, 2.24) is 30.0 Å². The SMILES string of the molecule is c1ccc2c(c1)c1cnc(Nc3ccc(N4CCNCC4)nn3)nc1n2C1CCCC1. The zero-order chi connectivity index (χ0) is 20.6. The van der Waals surface area contributed by atoms with E-state index < -0.39 is 0 Å². The van der Waals surface area contributed by atoms with Crippen LogP contribution in [0.5, 0.6) is 0 Å². The van der Waals surface area contributed by atoms with E-state index in [4.69, 9.17) is 4.98 Å². The van der Waals surface area contributed by atoms with Crippen molar-refractivity contribution in [3.05, 3.63) is 42.6 Å². The zero-order valence-electron chi connectivity index (χ0n) is 17.5. The molecule has 0 bridgehead atoms. The minimum absolute atomic E-state index is 0.503. The molecule has 0 unspecified atom stereocenters. The maximum absolute atomic E-state index is 4.92. The first-order valence-corrected chi connectivity index (χ1v) is 11.2. The van der Waals surface area contributed by atoms with E-state index in [1.807, 2.05) is 18.3 Å². The molecule has 0 amide bonds. The Balaban J connectivity index is 1.33. The quantitative estimate of drug-likeness (QED) is 0.527. The molecule has 2 fully saturated rings. The first kappa shape index (κ1) is 18.5. The number of hydrogen-bond acceptors (Lipinski definition) is 7. The predicted molar refractivity (Wildman–Crippen MR) is 123 cm³/mol. The van der Waals surface area contributed by atoms with Gasteiger partial charge in [0, 0.05) is 49.2 Å². The van der Waals surface area contributed by atoms with Gasteiger partial charge in [-0.25, -0.2) is 4.98 Å². The summed E-state index contributed by atoms with van der Waals surface area (Å²) in [4.78, 5) is 11.7. The average molecular weight is 415 g/mol. The molecule has 158 valence electrons. The Morgan fingerprint density at radius 3 is 2.58 bits per heavy atom. The van der Waals surface area contributed by atoms with E-state index in [1.54, 1.807) is 0 Å². The molecule has 2 N–H and O–H groups in total. The van der Waals surface area contributed by atoms with Crippen LogP contribution in [0.15, 0.2) is 42.6 Å². The standard InChI is InChI=1S/C23H26N8/c1-2-6-16(5-1)31-19-8-4-3-7-17(19)18-15-25-23(27-22(18)31)26-20-9-10-21(29-28-20)30-13-11-24-12-14-30/h3-4,7-10,15-16,24H,1-2,5-6,11-14H2,(H,25,26,27,28). The molecule has 8 heteroatoms. The Morgan fingerprint density at radius 1 is 0.935 bits per heavy atom.